The summed E-state index contributed by atoms with van der Waals surface area (Å²) in [7, 11) is 1.40. The molecule has 5 rings (SSSR count). The van der Waals surface area contributed by atoms with E-state index in [2.05, 4.69) is 10.4 Å². The summed E-state index contributed by atoms with van der Waals surface area (Å²) in [6.45, 7) is 4.56. The Labute approximate surface area is 219 Å². The number of amides is 1. The lowest BCUT2D eigenvalue weighted by atomic mass is 9.90. The minimum absolute atomic E-state index is 0.114. The number of halogens is 1. The van der Waals surface area contributed by atoms with Crippen LogP contribution in [0.2, 0.25) is 0 Å². The van der Waals surface area contributed by atoms with Gasteiger partial charge in [-0.3, -0.25) is 14.3 Å². The number of anilines is 1. The van der Waals surface area contributed by atoms with Crippen molar-refractivity contribution >= 4 is 17.9 Å². The molecule has 1 unspecified atom stereocenters. The van der Waals surface area contributed by atoms with Gasteiger partial charge in [0, 0.05) is 12.2 Å². The van der Waals surface area contributed by atoms with Crippen molar-refractivity contribution in [2.45, 2.75) is 39.3 Å². The van der Waals surface area contributed by atoms with E-state index in [0.717, 1.165) is 34.2 Å². The van der Waals surface area contributed by atoms with Crippen molar-refractivity contribution in [3.05, 3.63) is 88.5 Å². The zero-order valence-corrected chi connectivity index (χ0v) is 21.4. The SMILES string of the molecule is COc1cc(-c2cccc(-c3cccc(NC(=O)c4cc5n(n4)CCCC5O)c3C)c2C)cc(F)c1C=O. The van der Waals surface area contributed by atoms with Crippen LogP contribution in [0.4, 0.5) is 10.1 Å². The van der Waals surface area contributed by atoms with Crippen LogP contribution >= 0.6 is 0 Å². The zero-order valence-electron chi connectivity index (χ0n) is 21.4. The molecule has 0 saturated heterocycles. The van der Waals surface area contributed by atoms with Crippen LogP contribution in [0.25, 0.3) is 22.3 Å². The summed E-state index contributed by atoms with van der Waals surface area (Å²) in [5, 5.41) is 17.6. The minimum Gasteiger partial charge on any atom is -0.496 e. The second-order valence-electron chi connectivity index (χ2n) is 9.44. The van der Waals surface area contributed by atoms with Crippen molar-refractivity contribution in [2.24, 2.45) is 0 Å². The second kappa shape index (κ2) is 10.2. The monoisotopic (exact) mass is 513 g/mol. The van der Waals surface area contributed by atoms with Crippen LogP contribution in [-0.2, 0) is 6.54 Å². The number of fused-ring (bicyclic) bond motifs is 1. The molecule has 38 heavy (non-hydrogen) atoms. The zero-order chi connectivity index (χ0) is 27.0. The third-order valence-corrected chi connectivity index (χ3v) is 7.18. The standard InChI is InChI=1S/C30H28FN3O4/c1-17-20(19-13-24(31)23(16-35)29(14-19)38-3)7-4-8-21(17)22-9-5-10-25(18(22)2)32-30(37)26-15-27-28(36)11-6-12-34(27)33-26/h4-5,7-10,13-16,28,36H,6,11-12H2,1-3H3,(H,32,37). The number of methoxy groups -OCH3 is 1. The highest BCUT2D eigenvalue weighted by Crippen LogP contribution is 2.37. The predicted octanol–water partition coefficient (Wildman–Crippen LogP) is 5.87. The van der Waals surface area contributed by atoms with E-state index in [9.17, 15) is 19.1 Å². The van der Waals surface area contributed by atoms with Crippen LogP contribution in [0, 0.1) is 19.7 Å². The quantitative estimate of drug-likeness (QED) is 0.315. The van der Waals surface area contributed by atoms with Gasteiger partial charge in [0.15, 0.2) is 12.0 Å². The van der Waals surface area contributed by atoms with Crippen LogP contribution in [-0.4, -0.2) is 34.2 Å². The van der Waals surface area contributed by atoms with Gasteiger partial charge in [0.05, 0.1) is 24.5 Å². The number of nitrogens with zero attached hydrogens (tertiary/aromatic N) is 2. The molecule has 1 aliphatic rings. The molecule has 1 aliphatic heterocycles. The number of hydrogen-bond acceptors (Lipinski definition) is 5. The van der Waals surface area contributed by atoms with E-state index in [-0.39, 0.29) is 22.9 Å². The van der Waals surface area contributed by atoms with Crippen molar-refractivity contribution in [3.8, 4) is 28.0 Å². The molecule has 1 amide bonds. The summed E-state index contributed by atoms with van der Waals surface area (Å²) in [5.74, 6) is -0.814. The highest BCUT2D eigenvalue weighted by Gasteiger charge is 2.23. The van der Waals surface area contributed by atoms with Gasteiger partial charge in [-0.1, -0.05) is 30.3 Å². The molecule has 7 nitrogen and oxygen atoms in total. The van der Waals surface area contributed by atoms with Crippen LogP contribution in [0.15, 0.2) is 54.6 Å². The summed E-state index contributed by atoms with van der Waals surface area (Å²) in [6.07, 6.45) is 1.32. The molecule has 0 radical (unpaired) electrons. The Kier molecular flexibility index (Phi) is 6.82. The first kappa shape index (κ1) is 25.4. The lowest BCUT2D eigenvalue weighted by Crippen LogP contribution is -2.16. The van der Waals surface area contributed by atoms with Crippen molar-refractivity contribution in [2.75, 3.05) is 12.4 Å². The van der Waals surface area contributed by atoms with Crippen molar-refractivity contribution < 1.29 is 23.8 Å². The smallest absolute Gasteiger partial charge is 0.276 e. The largest absolute Gasteiger partial charge is 0.496 e. The van der Waals surface area contributed by atoms with Gasteiger partial charge in [-0.15, -0.1) is 0 Å². The summed E-state index contributed by atoms with van der Waals surface area (Å²) in [4.78, 5) is 24.3. The summed E-state index contributed by atoms with van der Waals surface area (Å²) in [5.41, 5.74) is 6.47. The highest BCUT2D eigenvalue weighted by molar-refractivity contribution is 6.04. The van der Waals surface area contributed by atoms with Crippen LogP contribution in [0.5, 0.6) is 5.75 Å². The Morgan fingerprint density at radius 1 is 1.11 bits per heavy atom. The Balaban J connectivity index is 1.49. The van der Waals surface area contributed by atoms with Gasteiger partial charge < -0.3 is 15.2 Å². The summed E-state index contributed by atoms with van der Waals surface area (Å²) < 4.78 is 21.6. The number of nitrogens with one attached hydrogen (secondary N) is 1. The second-order valence-corrected chi connectivity index (χ2v) is 9.44. The molecule has 4 aromatic rings. The van der Waals surface area contributed by atoms with Crippen LogP contribution < -0.4 is 10.1 Å². The number of carbonyl (C=O) groups excluding carboxylic acids is 2. The van der Waals surface area contributed by atoms with Gasteiger partial charge in [0.2, 0.25) is 0 Å². The topological polar surface area (TPSA) is 93.4 Å². The number of rotatable bonds is 6. The molecule has 3 aromatic carbocycles. The van der Waals surface area contributed by atoms with E-state index in [4.69, 9.17) is 4.74 Å². The van der Waals surface area contributed by atoms with E-state index in [1.54, 1.807) is 16.8 Å². The third kappa shape index (κ3) is 4.48. The average molecular weight is 514 g/mol. The third-order valence-electron chi connectivity index (χ3n) is 7.18. The first-order chi connectivity index (χ1) is 18.3. The molecule has 1 atom stereocenters. The van der Waals surface area contributed by atoms with Crippen molar-refractivity contribution in [1.82, 2.24) is 9.78 Å². The maximum absolute atomic E-state index is 14.6. The predicted molar refractivity (Wildman–Crippen MR) is 143 cm³/mol. The van der Waals surface area contributed by atoms with Gasteiger partial charge in [-0.2, -0.15) is 5.10 Å². The first-order valence-corrected chi connectivity index (χ1v) is 12.4. The van der Waals surface area contributed by atoms with E-state index in [1.807, 2.05) is 50.2 Å². The normalized spacial score (nSPS) is 14.6. The van der Waals surface area contributed by atoms with Gasteiger partial charge >= 0.3 is 0 Å². The molecule has 0 saturated carbocycles. The molecule has 2 heterocycles. The number of hydrogen-bond donors (Lipinski definition) is 2. The fourth-order valence-corrected chi connectivity index (χ4v) is 5.09. The summed E-state index contributed by atoms with van der Waals surface area (Å²) in [6, 6.07) is 16.1. The van der Waals surface area contributed by atoms with Crippen molar-refractivity contribution in [1.29, 1.82) is 0 Å². The molecule has 2 N–H and O–H groups in total. The van der Waals surface area contributed by atoms with E-state index in [0.29, 0.717) is 36.2 Å². The maximum Gasteiger partial charge on any atom is 0.276 e. The maximum atomic E-state index is 14.6. The number of aromatic nitrogens is 2. The van der Waals surface area contributed by atoms with Gasteiger partial charge in [0.1, 0.15) is 11.6 Å². The van der Waals surface area contributed by atoms with Crippen LogP contribution in [0.1, 0.15) is 56.6 Å². The van der Waals surface area contributed by atoms with E-state index >= 15 is 0 Å². The average Bonchev–Trinajstić information content (AvgIpc) is 3.36. The fraction of sp³-hybridized carbons (Fsp3) is 0.233. The molecule has 0 aliphatic carbocycles. The van der Waals surface area contributed by atoms with E-state index < -0.39 is 11.9 Å². The van der Waals surface area contributed by atoms with Gasteiger partial charge in [0.25, 0.3) is 5.91 Å². The van der Waals surface area contributed by atoms with Crippen molar-refractivity contribution in [3.63, 3.8) is 0 Å². The Morgan fingerprint density at radius 2 is 1.82 bits per heavy atom. The van der Waals surface area contributed by atoms with Crippen LogP contribution in [0.3, 0.4) is 0 Å². The minimum atomic E-state index is -0.645. The molecule has 194 valence electrons. The lowest BCUT2D eigenvalue weighted by molar-refractivity contribution is 0.102. The Hall–Kier alpha value is -4.30. The number of aryl methyl sites for hydroxylation is 1. The highest BCUT2D eigenvalue weighted by atomic mass is 19.1. The first-order valence-electron chi connectivity index (χ1n) is 12.4. The number of aldehydes is 1. The number of aliphatic hydroxyl groups is 1. The molecule has 1 aromatic heterocycles. The lowest BCUT2D eigenvalue weighted by Gasteiger charge is -2.18. The number of aliphatic hydroxyl groups excluding tert-OH is 1. The summed E-state index contributed by atoms with van der Waals surface area (Å²) >= 11 is 0. The Bertz CT molecular complexity index is 1560. The number of ether oxygens (including phenoxy) is 1. The molecule has 0 spiro atoms. The Morgan fingerprint density at radius 3 is 2.53 bits per heavy atom. The molecule has 0 fully saturated rings. The van der Waals surface area contributed by atoms with Gasteiger partial charge in [-0.05, 0) is 84.3 Å². The molecule has 8 heteroatoms. The van der Waals surface area contributed by atoms with Gasteiger partial charge in [-0.25, -0.2) is 4.39 Å². The molecule has 0 bridgehead atoms. The fourth-order valence-electron chi connectivity index (χ4n) is 5.09. The number of carbonyl (C=O) groups is 2. The van der Waals surface area contributed by atoms with E-state index in [1.165, 1.54) is 13.2 Å². The molecular formula is C30H28FN3O4. The molecular weight excluding hydrogens is 485 g/mol. The number of benzene rings is 3.